The number of rotatable bonds is 2. The average molecular weight is 615 g/mol. The van der Waals surface area contributed by atoms with E-state index in [9.17, 15) is 28.5 Å². The number of esters is 1. The predicted molar refractivity (Wildman–Crippen MR) is 159 cm³/mol. The monoisotopic (exact) mass is 614 g/mol. The molecule has 0 aliphatic carbocycles. The van der Waals surface area contributed by atoms with Crippen molar-refractivity contribution < 1.29 is 33.2 Å². The molecule has 3 heterocycles. The van der Waals surface area contributed by atoms with Gasteiger partial charge in [-0.1, -0.05) is 35.9 Å². The Bertz CT molecular complexity index is 1460. The summed E-state index contributed by atoms with van der Waals surface area (Å²) in [6, 6.07) is 7.81. The van der Waals surface area contributed by atoms with Crippen LogP contribution in [0.5, 0.6) is 0 Å². The van der Waals surface area contributed by atoms with E-state index in [2.05, 4.69) is 10.3 Å². The number of allylic oxidation sites excluding steroid dienone is 3. The Morgan fingerprint density at radius 3 is 2.56 bits per heavy atom. The summed E-state index contributed by atoms with van der Waals surface area (Å²) >= 11 is 1.34. The molecule has 2 aliphatic heterocycles. The third-order valence-electron chi connectivity index (χ3n) is 7.01. The average Bonchev–Trinajstić information content (AvgIpc) is 3.47. The van der Waals surface area contributed by atoms with Gasteiger partial charge in [0.15, 0.2) is 11.9 Å². The van der Waals surface area contributed by atoms with Crippen LogP contribution >= 0.6 is 22.1 Å². The normalized spacial score (nSPS) is 32.3. The van der Waals surface area contributed by atoms with Crippen LogP contribution in [-0.4, -0.2) is 53.5 Å². The second kappa shape index (κ2) is 12.8. The molecule has 5 atom stereocenters. The molecular weight excluding hydrogens is 585 g/mol. The van der Waals surface area contributed by atoms with Crippen LogP contribution in [0.2, 0.25) is 0 Å². The first-order valence-electron chi connectivity index (χ1n) is 12.9. The van der Waals surface area contributed by atoms with Gasteiger partial charge < -0.3 is 15.2 Å². The Labute approximate surface area is 248 Å². The van der Waals surface area contributed by atoms with Gasteiger partial charge in [0.1, 0.15) is 15.4 Å². The van der Waals surface area contributed by atoms with Crippen molar-refractivity contribution in [2.75, 3.05) is 0 Å². The Balaban J connectivity index is 1.71. The van der Waals surface area contributed by atoms with Crippen molar-refractivity contribution in [2.24, 2.45) is 0 Å². The molecule has 41 heavy (non-hydrogen) atoms. The Kier molecular flexibility index (Phi) is 9.58. The SMILES string of the molecule is C/C1=C\[C@@H](OC(=O)c2ccccc2)C(=O)/C=C/C=C\c2csc(n2)[C@@H](C)NC(=O)C[C@@]2(CC1)S(=O)SC(=O)[C@]2(C)O. The van der Waals surface area contributed by atoms with E-state index in [1.807, 2.05) is 0 Å². The van der Waals surface area contributed by atoms with Gasteiger partial charge in [-0.25, -0.2) is 14.0 Å². The minimum atomic E-state index is -2.04. The molecule has 12 heteroatoms. The molecule has 216 valence electrons. The highest BCUT2D eigenvalue weighted by Crippen LogP contribution is 2.50. The first-order valence-corrected chi connectivity index (χ1v) is 16.2. The summed E-state index contributed by atoms with van der Waals surface area (Å²) in [5.74, 6) is -1.65. The van der Waals surface area contributed by atoms with E-state index in [1.165, 1.54) is 36.5 Å². The number of ketones is 1. The number of aromatic nitrogens is 1. The van der Waals surface area contributed by atoms with Crippen LogP contribution in [0.25, 0.3) is 6.08 Å². The molecule has 1 aromatic heterocycles. The predicted octanol–water partition coefficient (Wildman–Crippen LogP) is 4.24. The lowest BCUT2D eigenvalue weighted by molar-refractivity contribution is -0.132. The molecule has 2 N–H and O–H groups in total. The molecular formula is C29H30N2O7S3. The maximum atomic E-state index is 13.3. The number of ether oxygens (including phenoxy) is 1. The van der Waals surface area contributed by atoms with Gasteiger partial charge >= 0.3 is 5.97 Å². The van der Waals surface area contributed by atoms with Gasteiger partial charge in [-0.15, -0.1) is 11.3 Å². The molecule has 1 spiro atoms. The number of amides is 1. The minimum absolute atomic E-state index is 0.00298. The number of nitrogens with zero attached hydrogens (tertiary/aromatic N) is 1. The number of aliphatic hydroxyl groups is 1. The zero-order valence-corrected chi connectivity index (χ0v) is 25.1. The van der Waals surface area contributed by atoms with Crippen LogP contribution in [0, 0.1) is 0 Å². The first kappa shape index (κ1) is 30.8. The molecule has 1 aromatic carbocycles. The highest BCUT2D eigenvalue weighted by atomic mass is 33.1. The smallest absolute Gasteiger partial charge is 0.339 e. The molecule has 2 aliphatic rings. The lowest BCUT2D eigenvalue weighted by Gasteiger charge is -2.36. The lowest BCUT2D eigenvalue weighted by Crippen LogP contribution is -2.55. The van der Waals surface area contributed by atoms with Gasteiger partial charge in [0.2, 0.25) is 11.0 Å². The van der Waals surface area contributed by atoms with Crippen LogP contribution in [-0.2, 0) is 29.0 Å². The van der Waals surface area contributed by atoms with Crippen molar-refractivity contribution in [1.29, 1.82) is 0 Å². The molecule has 1 unspecified atom stereocenters. The molecule has 2 aromatic rings. The number of nitrogens with one attached hydrogen (secondary N) is 1. The van der Waals surface area contributed by atoms with Gasteiger partial charge in [0.25, 0.3) is 0 Å². The Morgan fingerprint density at radius 2 is 1.88 bits per heavy atom. The second-order valence-electron chi connectivity index (χ2n) is 10.1. The maximum absolute atomic E-state index is 13.3. The number of fused-ring (bicyclic) bond motifs is 2. The third-order valence-corrected chi connectivity index (χ3v) is 12.0. The molecule has 0 saturated carbocycles. The van der Waals surface area contributed by atoms with Crippen LogP contribution in [0.3, 0.4) is 0 Å². The number of hydrogen-bond acceptors (Lipinski definition) is 10. The van der Waals surface area contributed by atoms with E-state index in [-0.39, 0.29) is 24.8 Å². The topological polar surface area (TPSA) is 140 Å². The standard InChI is InChI=1S/C29H30N2O7S3/c1-18-13-14-29(28(3,36)27(35)40-41(29)37)16-24(33)30-19(2)25-31-21(17-39-25)11-7-8-12-22(32)23(15-18)38-26(34)20-9-5-4-6-10-20/h4-12,15,17,19,23,36H,13-14,16H2,1-3H3,(H,30,33)/b11-7-,12-8+,18-15+/t19-,23-,28+,29-,41?/m1/s1. The number of carbonyl (C=O) groups is 4. The first-order chi connectivity index (χ1) is 19.4. The molecule has 4 rings (SSSR count). The summed E-state index contributed by atoms with van der Waals surface area (Å²) in [5, 5.41) is 15.8. The summed E-state index contributed by atoms with van der Waals surface area (Å²) in [7, 11) is -1.40. The summed E-state index contributed by atoms with van der Waals surface area (Å²) < 4.78 is 17.3. The fraction of sp³-hybridized carbons (Fsp3) is 0.345. The van der Waals surface area contributed by atoms with Crippen molar-refractivity contribution in [2.45, 2.75) is 62.5 Å². The maximum Gasteiger partial charge on any atom is 0.339 e. The number of hydrogen-bond donors (Lipinski definition) is 2. The van der Waals surface area contributed by atoms with Gasteiger partial charge in [-0.3, -0.25) is 14.4 Å². The second-order valence-corrected chi connectivity index (χ2v) is 14.2. The van der Waals surface area contributed by atoms with Gasteiger partial charge in [-0.05, 0) is 64.0 Å². The molecule has 0 radical (unpaired) electrons. The lowest BCUT2D eigenvalue weighted by atomic mass is 9.81. The summed E-state index contributed by atoms with van der Waals surface area (Å²) in [6.45, 7) is 4.75. The van der Waals surface area contributed by atoms with E-state index in [0.717, 1.165) is 0 Å². The molecule has 1 amide bonds. The highest BCUT2D eigenvalue weighted by Gasteiger charge is 2.63. The number of carbonyl (C=O) groups excluding carboxylic acids is 4. The summed E-state index contributed by atoms with van der Waals surface area (Å²) in [4.78, 5) is 56.3. The zero-order valence-electron chi connectivity index (χ0n) is 22.7. The van der Waals surface area contributed by atoms with E-state index in [1.54, 1.807) is 61.7 Å². The van der Waals surface area contributed by atoms with E-state index in [0.29, 0.717) is 27.1 Å². The van der Waals surface area contributed by atoms with E-state index < -0.39 is 55.1 Å². The molecule has 2 bridgehead atoms. The van der Waals surface area contributed by atoms with Crippen molar-refractivity contribution in [1.82, 2.24) is 10.3 Å². The quantitative estimate of drug-likeness (QED) is 0.289. The van der Waals surface area contributed by atoms with Crippen molar-refractivity contribution >= 4 is 60.8 Å². The third kappa shape index (κ3) is 6.83. The Morgan fingerprint density at radius 1 is 1.17 bits per heavy atom. The van der Waals surface area contributed by atoms with Crippen LogP contribution < -0.4 is 5.32 Å². The fourth-order valence-corrected chi connectivity index (χ4v) is 9.23. The fourth-order valence-electron chi connectivity index (χ4n) is 4.49. The molecule has 9 nitrogen and oxygen atoms in total. The largest absolute Gasteiger partial charge is 0.446 e. The summed E-state index contributed by atoms with van der Waals surface area (Å²) in [6.07, 6.45) is 6.21. The zero-order chi connectivity index (χ0) is 29.8. The highest BCUT2D eigenvalue weighted by molar-refractivity contribution is 8.76. The van der Waals surface area contributed by atoms with Crippen LogP contribution in [0.4, 0.5) is 0 Å². The number of benzene rings is 1. The van der Waals surface area contributed by atoms with Crippen molar-refractivity contribution in [3.8, 4) is 0 Å². The van der Waals surface area contributed by atoms with Crippen molar-refractivity contribution in [3.05, 3.63) is 81.9 Å². The van der Waals surface area contributed by atoms with Crippen LogP contribution in [0.15, 0.2) is 65.6 Å². The Hall–Kier alpha value is -3.19. The van der Waals surface area contributed by atoms with Gasteiger partial charge in [0.05, 0.1) is 27.1 Å². The minimum Gasteiger partial charge on any atom is -0.446 e. The van der Waals surface area contributed by atoms with Crippen molar-refractivity contribution in [3.63, 3.8) is 0 Å². The van der Waals surface area contributed by atoms with Gasteiger partial charge in [-0.2, -0.15) is 0 Å². The van der Waals surface area contributed by atoms with Gasteiger partial charge in [0, 0.05) is 22.6 Å². The summed E-state index contributed by atoms with van der Waals surface area (Å²) in [5.41, 5.74) is -0.554. The number of thiazole rings is 1. The van der Waals surface area contributed by atoms with E-state index in [4.69, 9.17) is 4.74 Å². The molecule has 1 fully saturated rings. The van der Waals surface area contributed by atoms with Crippen LogP contribution in [0.1, 0.15) is 67.1 Å². The molecule has 1 saturated heterocycles. The van der Waals surface area contributed by atoms with E-state index >= 15 is 0 Å².